The zero-order chi connectivity index (χ0) is 21.3. The van der Waals surface area contributed by atoms with Crippen molar-refractivity contribution in [3.8, 4) is 16.9 Å². The van der Waals surface area contributed by atoms with Crippen LogP contribution in [0.4, 0.5) is 13.2 Å². The van der Waals surface area contributed by atoms with Crippen molar-refractivity contribution in [2.24, 2.45) is 0 Å². The van der Waals surface area contributed by atoms with E-state index in [1.54, 1.807) is 0 Å². The van der Waals surface area contributed by atoms with Gasteiger partial charge < -0.3 is 9.84 Å². The third-order valence-corrected chi connectivity index (χ3v) is 4.31. The first kappa shape index (κ1) is 20.6. The first-order valence-electron chi connectivity index (χ1n) is 7.74. The normalized spacial score (nSPS) is 10.7. The van der Waals surface area contributed by atoms with Gasteiger partial charge in [-0.2, -0.15) is 0 Å². The van der Waals surface area contributed by atoms with E-state index >= 15 is 0 Å². The third-order valence-electron chi connectivity index (χ3n) is 3.76. The molecule has 0 aliphatic carbocycles. The van der Waals surface area contributed by atoms with Crippen LogP contribution in [0.1, 0.15) is 20.7 Å². The maximum atomic E-state index is 14.0. The Hall–Kier alpha value is -3.10. The van der Waals surface area contributed by atoms with E-state index in [1.807, 2.05) is 0 Å². The largest absolute Gasteiger partial charge is 0.478 e. The standard InChI is InChI=1S/C19H8Cl2F3NO4/c20-16-12(7-14(24)17(21)25-16)19(28)29-15-4-1-8(5-11(15)18(26)27)10-3-2-9(22)6-13(10)23/h1-7H,(H,26,27). The van der Waals surface area contributed by atoms with E-state index in [1.165, 1.54) is 6.07 Å². The number of halogens is 5. The van der Waals surface area contributed by atoms with Crippen molar-refractivity contribution in [3.63, 3.8) is 0 Å². The predicted octanol–water partition coefficient (Wildman–Crippen LogP) is 5.39. The summed E-state index contributed by atoms with van der Waals surface area (Å²) in [6.07, 6.45) is 0. The van der Waals surface area contributed by atoms with E-state index in [9.17, 15) is 27.9 Å². The molecule has 3 aromatic rings. The fourth-order valence-corrected chi connectivity index (χ4v) is 2.82. The van der Waals surface area contributed by atoms with Crippen LogP contribution >= 0.6 is 23.2 Å². The van der Waals surface area contributed by atoms with Crippen LogP contribution < -0.4 is 4.74 Å². The molecule has 0 bridgehead atoms. The number of carbonyl (C=O) groups excluding carboxylic acids is 1. The van der Waals surface area contributed by atoms with Crippen molar-refractivity contribution in [1.29, 1.82) is 0 Å². The van der Waals surface area contributed by atoms with Gasteiger partial charge in [0, 0.05) is 11.6 Å². The first-order chi connectivity index (χ1) is 13.7. The van der Waals surface area contributed by atoms with E-state index in [-0.39, 0.29) is 11.1 Å². The first-order valence-corrected chi connectivity index (χ1v) is 8.49. The summed E-state index contributed by atoms with van der Waals surface area (Å²) in [6, 6.07) is 6.91. The van der Waals surface area contributed by atoms with Gasteiger partial charge in [-0.1, -0.05) is 29.3 Å². The van der Waals surface area contributed by atoms with E-state index in [2.05, 4.69) is 4.98 Å². The third kappa shape index (κ3) is 4.33. The molecule has 0 unspecified atom stereocenters. The second-order valence-corrected chi connectivity index (χ2v) is 6.35. The summed E-state index contributed by atoms with van der Waals surface area (Å²) in [4.78, 5) is 27.3. The molecule has 0 spiro atoms. The Morgan fingerprint density at radius 2 is 1.62 bits per heavy atom. The van der Waals surface area contributed by atoms with E-state index in [0.29, 0.717) is 12.1 Å². The number of aromatic nitrogens is 1. The lowest BCUT2D eigenvalue weighted by Crippen LogP contribution is -2.13. The molecule has 148 valence electrons. The molecule has 0 saturated carbocycles. The molecular weight excluding hydrogens is 434 g/mol. The van der Waals surface area contributed by atoms with Crippen molar-refractivity contribution in [1.82, 2.24) is 4.98 Å². The highest BCUT2D eigenvalue weighted by Crippen LogP contribution is 2.30. The van der Waals surface area contributed by atoms with Crippen molar-refractivity contribution in [2.45, 2.75) is 0 Å². The van der Waals surface area contributed by atoms with Crippen LogP contribution in [0, 0.1) is 17.5 Å². The topological polar surface area (TPSA) is 76.5 Å². The summed E-state index contributed by atoms with van der Waals surface area (Å²) < 4.78 is 45.6. The molecule has 0 saturated heterocycles. The minimum absolute atomic E-state index is 0.0567. The smallest absolute Gasteiger partial charge is 0.346 e. The average Bonchev–Trinajstić information content (AvgIpc) is 2.65. The van der Waals surface area contributed by atoms with Crippen LogP contribution in [-0.2, 0) is 0 Å². The molecule has 0 aliphatic rings. The molecule has 0 amide bonds. The Bertz CT molecular complexity index is 1150. The van der Waals surface area contributed by atoms with E-state index < -0.39 is 56.6 Å². The summed E-state index contributed by atoms with van der Waals surface area (Å²) in [5.74, 6) is -5.79. The van der Waals surface area contributed by atoms with Gasteiger partial charge >= 0.3 is 11.9 Å². The summed E-state index contributed by atoms with van der Waals surface area (Å²) in [6.45, 7) is 0. The average molecular weight is 442 g/mol. The number of carboxylic acids is 1. The highest BCUT2D eigenvalue weighted by molar-refractivity contribution is 6.34. The van der Waals surface area contributed by atoms with Crippen molar-refractivity contribution < 1.29 is 32.6 Å². The minimum atomic E-state index is -1.48. The number of carboxylic acid groups (broad SMARTS) is 1. The number of esters is 1. The Labute approximate surface area is 171 Å². The van der Waals surface area contributed by atoms with Crippen molar-refractivity contribution >= 4 is 35.1 Å². The van der Waals surface area contributed by atoms with Crippen molar-refractivity contribution in [3.05, 3.63) is 81.3 Å². The van der Waals surface area contributed by atoms with Gasteiger partial charge in [0.15, 0.2) is 11.0 Å². The van der Waals surface area contributed by atoms with Gasteiger partial charge in [0.1, 0.15) is 33.7 Å². The molecule has 1 aromatic heterocycles. The molecule has 29 heavy (non-hydrogen) atoms. The molecule has 1 N–H and O–H groups in total. The van der Waals surface area contributed by atoms with Crippen LogP contribution in [0.15, 0.2) is 42.5 Å². The van der Waals surface area contributed by atoms with Gasteiger partial charge in [-0.25, -0.2) is 27.7 Å². The second kappa shape index (κ2) is 8.10. The number of hydrogen-bond acceptors (Lipinski definition) is 4. The molecule has 0 aliphatic heterocycles. The fourth-order valence-electron chi connectivity index (χ4n) is 2.42. The monoisotopic (exact) mass is 441 g/mol. The van der Waals surface area contributed by atoms with Gasteiger partial charge in [-0.05, 0) is 35.9 Å². The van der Waals surface area contributed by atoms with Gasteiger partial charge in [-0.3, -0.25) is 0 Å². The SMILES string of the molecule is O=C(O)c1cc(-c2ccc(F)cc2F)ccc1OC(=O)c1cc(F)c(Cl)nc1Cl. The Morgan fingerprint density at radius 1 is 0.897 bits per heavy atom. The number of pyridine rings is 1. The quantitative estimate of drug-likeness (QED) is 0.333. The Kier molecular flexibility index (Phi) is 5.76. The maximum absolute atomic E-state index is 14.0. The molecule has 3 rings (SSSR count). The number of benzene rings is 2. The van der Waals surface area contributed by atoms with Crippen LogP contribution in [0.25, 0.3) is 11.1 Å². The number of carbonyl (C=O) groups is 2. The summed E-state index contributed by atoms with van der Waals surface area (Å²) in [5, 5.41) is 8.41. The molecular formula is C19H8Cl2F3NO4. The van der Waals surface area contributed by atoms with Crippen molar-refractivity contribution in [2.75, 3.05) is 0 Å². The molecule has 0 radical (unpaired) electrons. The van der Waals surface area contributed by atoms with Gasteiger partial charge in [0.25, 0.3) is 0 Å². The molecule has 10 heteroatoms. The summed E-state index contributed by atoms with van der Waals surface area (Å²) in [7, 11) is 0. The lowest BCUT2D eigenvalue weighted by molar-refractivity contribution is 0.0681. The van der Waals surface area contributed by atoms with Gasteiger partial charge in [0.05, 0.1) is 0 Å². The number of rotatable bonds is 4. The fraction of sp³-hybridized carbons (Fsp3) is 0. The van der Waals surface area contributed by atoms with E-state index in [0.717, 1.165) is 24.3 Å². The number of hydrogen-bond donors (Lipinski definition) is 1. The number of nitrogens with zero attached hydrogens (tertiary/aromatic N) is 1. The van der Waals surface area contributed by atoms with Crippen LogP contribution in [-0.4, -0.2) is 22.0 Å². The molecule has 1 heterocycles. The number of aromatic carboxylic acids is 1. The second-order valence-electron chi connectivity index (χ2n) is 5.63. The molecule has 2 aromatic carbocycles. The summed E-state index contributed by atoms with van der Waals surface area (Å²) in [5.41, 5.74) is -0.910. The molecule has 5 nitrogen and oxygen atoms in total. The minimum Gasteiger partial charge on any atom is -0.478 e. The Balaban J connectivity index is 1.99. The molecule has 0 atom stereocenters. The lowest BCUT2D eigenvalue weighted by atomic mass is 10.0. The molecule has 0 fully saturated rings. The highest BCUT2D eigenvalue weighted by atomic mass is 35.5. The van der Waals surface area contributed by atoms with Crippen LogP contribution in [0.5, 0.6) is 5.75 Å². The maximum Gasteiger partial charge on any atom is 0.346 e. The zero-order valence-corrected chi connectivity index (χ0v) is 15.6. The zero-order valence-electron chi connectivity index (χ0n) is 14.1. The highest BCUT2D eigenvalue weighted by Gasteiger charge is 2.21. The van der Waals surface area contributed by atoms with Gasteiger partial charge in [0.2, 0.25) is 0 Å². The number of ether oxygens (including phenoxy) is 1. The van der Waals surface area contributed by atoms with Crippen LogP contribution in [0.2, 0.25) is 10.3 Å². The summed E-state index contributed by atoms with van der Waals surface area (Å²) >= 11 is 11.2. The van der Waals surface area contributed by atoms with Crippen LogP contribution in [0.3, 0.4) is 0 Å². The Morgan fingerprint density at radius 3 is 2.28 bits per heavy atom. The predicted molar refractivity (Wildman–Crippen MR) is 97.9 cm³/mol. The van der Waals surface area contributed by atoms with E-state index in [4.69, 9.17) is 27.9 Å². The lowest BCUT2D eigenvalue weighted by Gasteiger charge is -2.11. The van der Waals surface area contributed by atoms with Gasteiger partial charge in [-0.15, -0.1) is 0 Å².